The van der Waals surface area contributed by atoms with E-state index in [9.17, 15) is 4.79 Å². The molecule has 0 aromatic heterocycles. The topological polar surface area (TPSA) is 45.0 Å². The highest BCUT2D eigenvalue weighted by Gasteiger charge is 2.21. The Kier molecular flexibility index (Phi) is 9.38. The number of allylic oxidation sites excluding steroid dienone is 5. The maximum atomic E-state index is 12.7. The quantitative estimate of drug-likeness (QED) is 0.223. The Labute approximate surface area is 126 Å². The fourth-order valence-electron chi connectivity index (χ4n) is 1.67. The lowest BCUT2D eigenvalue weighted by Crippen LogP contribution is -2.24. The number of nitrogens with zero attached hydrogens (tertiary/aromatic N) is 3. The van der Waals surface area contributed by atoms with Crippen LogP contribution in [0.4, 0.5) is 0 Å². The molecule has 4 nitrogen and oxygen atoms in total. The van der Waals surface area contributed by atoms with Crippen molar-refractivity contribution in [2.75, 3.05) is 13.6 Å². The van der Waals surface area contributed by atoms with Crippen molar-refractivity contribution < 1.29 is 4.79 Å². The van der Waals surface area contributed by atoms with Crippen LogP contribution < -0.4 is 0 Å². The first-order valence-electron chi connectivity index (χ1n) is 6.67. The first-order chi connectivity index (χ1) is 9.56. The van der Waals surface area contributed by atoms with Gasteiger partial charge in [0, 0.05) is 17.5 Å². The molecule has 0 saturated carbocycles. The molecule has 0 spiro atoms. The lowest BCUT2D eigenvalue weighted by molar-refractivity contribution is -0.113. The number of rotatable bonds is 8. The molecule has 0 aliphatic heterocycles. The Morgan fingerprint density at radius 1 is 1.35 bits per heavy atom. The van der Waals surface area contributed by atoms with Gasteiger partial charge in [-0.2, -0.15) is 5.11 Å². The van der Waals surface area contributed by atoms with Crippen LogP contribution in [-0.2, 0) is 4.79 Å². The molecule has 0 amide bonds. The summed E-state index contributed by atoms with van der Waals surface area (Å²) in [5.41, 5.74) is 2.10. The van der Waals surface area contributed by atoms with Gasteiger partial charge in [0.2, 0.25) is 5.78 Å². The minimum Gasteiger partial charge on any atom is -0.287 e. The number of hydrogen-bond acceptors (Lipinski definition) is 4. The molecule has 20 heavy (non-hydrogen) atoms. The van der Waals surface area contributed by atoms with Crippen LogP contribution in [0.1, 0.15) is 34.1 Å². The predicted octanol–water partition coefficient (Wildman–Crippen LogP) is 4.06. The molecule has 0 unspecified atom stereocenters. The molecule has 0 saturated heterocycles. The molecule has 0 atom stereocenters. The molecule has 0 aromatic rings. The number of carbonyl (C=O) groups excluding carboxylic acids is 1. The van der Waals surface area contributed by atoms with Crippen molar-refractivity contribution in [3.8, 4) is 0 Å². The fraction of sp³-hybridized carbons (Fsp3) is 0.467. The monoisotopic (exact) mass is 293 g/mol. The Morgan fingerprint density at radius 3 is 2.40 bits per heavy atom. The van der Waals surface area contributed by atoms with Crippen LogP contribution in [0.15, 0.2) is 45.4 Å². The smallest absolute Gasteiger partial charge is 0.210 e. The van der Waals surface area contributed by atoms with Crippen molar-refractivity contribution in [3.05, 3.63) is 35.1 Å². The van der Waals surface area contributed by atoms with Gasteiger partial charge in [0.15, 0.2) is 0 Å². The summed E-state index contributed by atoms with van der Waals surface area (Å²) < 4.78 is 0. The normalized spacial score (nSPS) is 13.8. The van der Waals surface area contributed by atoms with Crippen LogP contribution in [0.2, 0.25) is 0 Å². The first kappa shape index (κ1) is 18.4. The largest absolute Gasteiger partial charge is 0.287 e. The summed E-state index contributed by atoms with van der Waals surface area (Å²) in [7, 11) is 1.59. The van der Waals surface area contributed by atoms with E-state index in [1.807, 2.05) is 33.8 Å². The van der Waals surface area contributed by atoms with Gasteiger partial charge in [-0.15, -0.1) is 0 Å². The van der Waals surface area contributed by atoms with Gasteiger partial charge in [-0.05, 0) is 38.8 Å². The molecule has 0 aliphatic carbocycles. The third-order valence-electron chi connectivity index (χ3n) is 2.76. The number of Topliss-reactive ketones (excluding diaryl/α,β-unsaturated/α-hetero) is 1. The van der Waals surface area contributed by atoms with E-state index in [0.717, 1.165) is 12.0 Å². The molecule has 0 bridgehead atoms. The zero-order valence-electron chi connectivity index (χ0n) is 12.9. The van der Waals surface area contributed by atoms with E-state index in [-0.39, 0.29) is 5.78 Å². The van der Waals surface area contributed by atoms with Gasteiger partial charge >= 0.3 is 0 Å². The Hall–Kier alpha value is -1.62. The van der Waals surface area contributed by atoms with E-state index in [1.54, 1.807) is 24.2 Å². The molecule has 0 aliphatic rings. The lowest BCUT2D eigenvalue weighted by atomic mass is 10.0. The molecular weight excluding hydrogens is 270 g/mol. The zero-order valence-corrected chi connectivity index (χ0v) is 13.7. The van der Waals surface area contributed by atoms with Crippen molar-refractivity contribution in [2.45, 2.75) is 34.1 Å². The van der Waals surface area contributed by atoms with Gasteiger partial charge in [0.05, 0.1) is 7.05 Å². The van der Waals surface area contributed by atoms with E-state index in [0.29, 0.717) is 17.8 Å². The Bertz CT molecular complexity index is 462. The van der Waals surface area contributed by atoms with Gasteiger partial charge in [-0.3, -0.25) is 4.79 Å². The van der Waals surface area contributed by atoms with Crippen molar-refractivity contribution in [3.63, 3.8) is 0 Å². The average molecular weight is 293 g/mol. The van der Waals surface area contributed by atoms with Gasteiger partial charge in [0.25, 0.3) is 0 Å². The maximum Gasteiger partial charge on any atom is 0.210 e. The number of ketones is 1. The van der Waals surface area contributed by atoms with Crippen LogP contribution >= 0.6 is 12.2 Å². The van der Waals surface area contributed by atoms with Crippen LogP contribution in [0, 0.1) is 0 Å². The van der Waals surface area contributed by atoms with Crippen molar-refractivity contribution in [1.29, 1.82) is 0 Å². The number of carbonyl (C=O) groups is 1. The van der Waals surface area contributed by atoms with Crippen LogP contribution in [0.5, 0.6) is 0 Å². The van der Waals surface area contributed by atoms with Gasteiger partial charge < -0.3 is 0 Å². The highest BCUT2D eigenvalue weighted by atomic mass is 32.1. The zero-order chi connectivity index (χ0) is 15.5. The summed E-state index contributed by atoms with van der Waals surface area (Å²) in [6.45, 7) is 8.33. The lowest BCUT2D eigenvalue weighted by Gasteiger charge is -2.21. The second kappa shape index (κ2) is 10.2. The molecule has 0 fully saturated rings. The van der Waals surface area contributed by atoms with Crippen molar-refractivity contribution in [2.24, 2.45) is 10.3 Å². The van der Waals surface area contributed by atoms with Crippen LogP contribution in [0.25, 0.3) is 0 Å². The average Bonchev–Trinajstić information content (AvgIpc) is 2.45. The third kappa shape index (κ3) is 5.17. The van der Waals surface area contributed by atoms with Crippen molar-refractivity contribution >= 4 is 23.4 Å². The fourth-order valence-corrected chi connectivity index (χ4v) is 1.82. The van der Waals surface area contributed by atoms with Gasteiger partial charge in [-0.25, -0.2) is 5.01 Å². The van der Waals surface area contributed by atoms with E-state index < -0.39 is 0 Å². The Morgan fingerprint density at radius 2 is 2.00 bits per heavy atom. The van der Waals surface area contributed by atoms with E-state index >= 15 is 0 Å². The number of hydrogen-bond donors (Lipinski definition) is 0. The van der Waals surface area contributed by atoms with Crippen LogP contribution in [-0.4, -0.2) is 29.8 Å². The SMILES string of the molecule is C/C=C\C(=C/C=S)C(=O)/C(=C(\C)CC)N(CC)/N=N\C. The molecule has 110 valence electrons. The van der Waals surface area contributed by atoms with E-state index in [2.05, 4.69) is 10.3 Å². The summed E-state index contributed by atoms with van der Waals surface area (Å²) in [6.07, 6.45) is 5.99. The standard InChI is InChI=1S/C15H23N3OS/c1-6-9-13(10-11-20)15(19)14(12(4)7-2)18(8-3)17-16-5/h6,9-11H,7-8H2,1-5H3/b9-6-,13-10+,14-12-,17-16-. The second-order valence-electron chi connectivity index (χ2n) is 4.07. The van der Waals surface area contributed by atoms with Gasteiger partial charge in [0.1, 0.15) is 5.70 Å². The molecule has 5 heteroatoms. The molecule has 0 radical (unpaired) electrons. The number of thiocarbonyl (C=S) groups is 1. The maximum absolute atomic E-state index is 12.7. The first-order valence-corrected chi connectivity index (χ1v) is 7.14. The second-order valence-corrected chi connectivity index (χ2v) is 4.35. The third-order valence-corrected chi connectivity index (χ3v) is 2.90. The highest BCUT2D eigenvalue weighted by molar-refractivity contribution is 7.79. The molecule has 0 N–H and O–H groups in total. The molecule has 0 rings (SSSR count). The van der Waals surface area contributed by atoms with Crippen LogP contribution in [0.3, 0.4) is 0 Å². The predicted molar refractivity (Wildman–Crippen MR) is 87.7 cm³/mol. The highest BCUT2D eigenvalue weighted by Crippen LogP contribution is 2.19. The molecule has 0 heterocycles. The van der Waals surface area contributed by atoms with Gasteiger partial charge in [-0.1, -0.05) is 36.5 Å². The van der Waals surface area contributed by atoms with E-state index in [1.165, 1.54) is 5.37 Å². The summed E-state index contributed by atoms with van der Waals surface area (Å²) >= 11 is 4.83. The minimum atomic E-state index is -0.0854. The Balaban J connectivity index is 5.84. The number of likely N-dealkylation sites (N-methyl/N-ethyl adjacent to an activating group) is 1. The summed E-state index contributed by atoms with van der Waals surface area (Å²) in [5.74, 6) is -0.0854. The van der Waals surface area contributed by atoms with E-state index in [4.69, 9.17) is 12.2 Å². The molecular formula is C15H23N3OS. The minimum absolute atomic E-state index is 0.0854. The molecule has 0 aromatic carbocycles. The summed E-state index contributed by atoms with van der Waals surface area (Å²) in [4.78, 5) is 12.7. The van der Waals surface area contributed by atoms with Crippen molar-refractivity contribution in [1.82, 2.24) is 5.01 Å². The summed E-state index contributed by atoms with van der Waals surface area (Å²) in [5, 5.41) is 10.9. The summed E-state index contributed by atoms with van der Waals surface area (Å²) in [6, 6.07) is 0.